The molecule has 0 saturated heterocycles. The van der Waals surface area contributed by atoms with Crippen molar-refractivity contribution < 1.29 is 9.32 Å². The number of amides is 1. The summed E-state index contributed by atoms with van der Waals surface area (Å²) in [6, 6.07) is 2.22. The Hall–Kier alpha value is -2.29. The summed E-state index contributed by atoms with van der Waals surface area (Å²) in [6.07, 6.45) is 0. The molecule has 0 saturated carbocycles. The van der Waals surface area contributed by atoms with E-state index in [1.807, 2.05) is 27.0 Å². The van der Waals surface area contributed by atoms with E-state index in [9.17, 15) is 4.79 Å². The molecule has 0 fully saturated rings. The summed E-state index contributed by atoms with van der Waals surface area (Å²) in [4.78, 5) is 14.2. The van der Waals surface area contributed by atoms with Gasteiger partial charge in [-0.3, -0.25) is 9.69 Å². The van der Waals surface area contributed by atoms with Crippen molar-refractivity contribution in [3.8, 4) is 0 Å². The highest BCUT2D eigenvalue weighted by molar-refractivity contribution is 5.75. The first-order chi connectivity index (χ1) is 11.4. The lowest BCUT2D eigenvalue weighted by Gasteiger charge is -2.19. The fraction of sp³-hybridized carbons (Fsp3) is 0.667. The number of carbonyl (C=O) groups is 1. The highest BCUT2D eigenvalue weighted by atomic mass is 16.5. The predicted molar refractivity (Wildman–Crippen MR) is 86.9 cm³/mol. The Balaban J connectivity index is 1.87. The monoisotopic (exact) mass is 335 g/mol. The van der Waals surface area contributed by atoms with E-state index in [1.165, 1.54) is 4.68 Å². The summed E-state index contributed by atoms with van der Waals surface area (Å²) < 4.78 is 6.70. The lowest BCUT2D eigenvalue weighted by molar-refractivity contribution is -0.122. The molecule has 2 heterocycles. The molecule has 0 aliphatic rings. The van der Waals surface area contributed by atoms with Gasteiger partial charge in [0.25, 0.3) is 0 Å². The van der Waals surface area contributed by atoms with Crippen LogP contribution in [0, 0.1) is 0 Å². The molecule has 0 atom stereocenters. The standard InChI is InChI=1S/C15H25N7O2/c1-10(2)13-6-12(24-18-13)7-16-15(23)9-22-14(17-19-20-22)8-21(5)11(3)4/h6,10-11H,7-9H2,1-5H3,(H,16,23). The molecule has 9 heteroatoms. The maximum Gasteiger partial charge on any atom is 0.242 e. The van der Waals surface area contributed by atoms with Gasteiger partial charge in [-0.1, -0.05) is 19.0 Å². The Morgan fingerprint density at radius 2 is 2.12 bits per heavy atom. The van der Waals surface area contributed by atoms with Crippen molar-refractivity contribution in [1.82, 2.24) is 35.6 Å². The van der Waals surface area contributed by atoms with E-state index in [4.69, 9.17) is 4.52 Å². The third-order valence-electron chi connectivity index (χ3n) is 3.80. The van der Waals surface area contributed by atoms with E-state index in [0.29, 0.717) is 36.6 Å². The number of aromatic nitrogens is 5. The SMILES string of the molecule is CC(C)c1cc(CNC(=O)Cn2nnnc2CN(C)C(C)C)on1. The second-order valence-electron chi connectivity index (χ2n) is 6.41. The molecule has 0 radical (unpaired) electrons. The summed E-state index contributed by atoms with van der Waals surface area (Å²) in [5, 5.41) is 18.3. The first-order valence-electron chi connectivity index (χ1n) is 8.04. The molecule has 1 N–H and O–H groups in total. The molecule has 0 aromatic carbocycles. The van der Waals surface area contributed by atoms with Gasteiger partial charge in [-0.15, -0.1) is 5.10 Å². The van der Waals surface area contributed by atoms with Crippen LogP contribution in [0.3, 0.4) is 0 Å². The van der Waals surface area contributed by atoms with Crippen LogP contribution in [0.25, 0.3) is 0 Å². The van der Waals surface area contributed by atoms with Crippen molar-refractivity contribution in [1.29, 1.82) is 0 Å². The van der Waals surface area contributed by atoms with Gasteiger partial charge >= 0.3 is 0 Å². The molecule has 24 heavy (non-hydrogen) atoms. The van der Waals surface area contributed by atoms with Crippen LogP contribution < -0.4 is 5.32 Å². The molecular weight excluding hydrogens is 310 g/mol. The maximum absolute atomic E-state index is 12.1. The number of hydrogen-bond acceptors (Lipinski definition) is 7. The fourth-order valence-electron chi connectivity index (χ4n) is 1.93. The summed E-state index contributed by atoms with van der Waals surface area (Å²) in [7, 11) is 1.99. The highest BCUT2D eigenvalue weighted by Crippen LogP contribution is 2.13. The molecule has 2 aromatic heterocycles. The minimum absolute atomic E-state index is 0.0689. The van der Waals surface area contributed by atoms with Gasteiger partial charge in [-0.2, -0.15) is 0 Å². The van der Waals surface area contributed by atoms with E-state index >= 15 is 0 Å². The Bertz CT molecular complexity index is 662. The molecule has 2 rings (SSSR count). The zero-order chi connectivity index (χ0) is 17.7. The van der Waals surface area contributed by atoms with E-state index in [2.05, 4.69) is 44.7 Å². The highest BCUT2D eigenvalue weighted by Gasteiger charge is 2.14. The number of nitrogens with one attached hydrogen (secondary N) is 1. The Kier molecular flexibility index (Phi) is 6.02. The zero-order valence-electron chi connectivity index (χ0n) is 14.9. The summed E-state index contributed by atoms with van der Waals surface area (Å²) in [6.45, 7) is 9.19. The minimum Gasteiger partial charge on any atom is -0.359 e. The zero-order valence-corrected chi connectivity index (χ0v) is 14.9. The lowest BCUT2D eigenvalue weighted by atomic mass is 10.1. The number of rotatable bonds is 8. The van der Waals surface area contributed by atoms with Gasteiger partial charge in [0.15, 0.2) is 11.6 Å². The lowest BCUT2D eigenvalue weighted by Crippen LogP contribution is -2.31. The largest absolute Gasteiger partial charge is 0.359 e. The van der Waals surface area contributed by atoms with Crippen LogP contribution in [0.2, 0.25) is 0 Å². The molecule has 0 aliphatic heterocycles. The van der Waals surface area contributed by atoms with Gasteiger partial charge in [0, 0.05) is 12.1 Å². The van der Waals surface area contributed by atoms with Gasteiger partial charge in [0.1, 0.15) is 6.54 Å². The first-order valence-corrected chi connectivity index (χ1v) is 8.04. The third kappa shape index (κ3) is 4.85. The van der Waals surface area contributed by atoms with Crippen LogP contribution in [-0.2, 0) is 24.4 Å². The Morgan fingerprint density at radius 3 is 2.75 bits per heavy atom. The van der Waals surface area contributed by atoms with E-state index in [1.54, 1.807) is 0 Å². The molecule has 9 nitrogen and oxygen atoms in total. The molecule has 0 unspecified atom stereocenters. The average molecular weight is 335 g/mol. The summed E-state index contributed by atoms with van der Waals surface area (Å²) in [5.74, 6) is 1.39. The number of carbonyl (C=O) groups excluding carboxylic acids is 1. The van der Waals surface area contributed by atoms with Crippen LogP contribution in [0.15, 0.2) is 10.6 Å². The van der Waals surface area contributed by atoms with Gasteiger partial charge in [-0.25, -0.2) is 4.68 Å². The van der Waals surface area contributed by atoms with E-state index < -0.39 is 0 Å². The molecule has 0 spiro atoms. The van der Waals surface area contributed by atoms with Crippen molar-refractivity contribution in [3.63, 3.8) is 0 Å². The quantitative estimate of drug-likeness (QED) is 0.766. The predicted octanol–water partition coefficient (Wildman–Crippen LogP) is 0.941. The molecule has 132 valence electrons. The second kappa shape index (κ2) is 8.00. The second-order valence-corrected chi connectivity index (χ2v) is 6.41. The van der Waals surface area contributed by atoms with Crippen LogP contribution in [0.5, 0.6) is 0 Å². The number of nitrogens with zero attached hydrogens (tertiary/aromatic N) is 6. The Labute approximate surface area is 141 Å². The van der Waals surface area contributed by atoms with Crippen LogP contribution in [0.1, 0.15) is 50.9 Å². The molecule has 0 aliphatic carbocycles. The topological polar surface area (TPSA) is 102 Å². The summed E-state index contributed by atoms with van der Waals surface area (Å²) >= 11 is 0. The van der Waals surface area contributed by atoms with Crippen molar-refractivity contribution in [2.75, 3.05) is 7.05 Å². The Morgan fingerprint density at radius 1 is 1.38 bits per heavy atom. The van der Waals surface area contributed by atoms with Gasteiger partial charge in [-0.05, 0) is 37.2 Å². The van der Waals surface area contributed by atoms with E-state index in [-0.39, 0.29) is 12.5 Å². The smallest absolute Gasteiger partial charge is 0.242 e. The van der Waals surface area contributed by atoms with Crippen LogP contribution in [-0.4, -0.2) is 49.3 Å². The molecule has 2 aromatic rings. The van der Waals surface area contributed by atoms with Crippen molar-refractivity contribution in [3.05, 3.63) is 23.3 Å². The van der Waals surface area contributed by atoms with E-state index in [0.717, 1.165) is 5.69 Å². The van der Waals surface area contributed by atoms with Gasteiger partial charge < -0.3 is 9.84 Å². The van der Waals surface area contributed by atoms with Crippen molar-refractivity contribution in [2.24, 2.45) is 0 Å². The normalized spacial score (nSPS) is 11.7. The maximum atomic E-state index is 12.1. The number of hydrogen-bond donors (Lipinski definition) is 1. The van der Waals surface area contributed by atoms with Gasteiger partial charge in [0.2, 0.25) is 5.91 Å². The first kappa shape index (κ1) is 18.1. The van der Waals surface area contributed by atoms with Crippen molar-refractivity contribution >= 4 is 5.91 Å². The van der Waals surface area contributed by atoms with Crippen LogP contribution >= 0.6 is 0 Å². The van der Waals surface area contributed by atoms with Crippen molar-refractivity contribution in [2.45, 2.75) is 59.3 Å². The average Bonchev–Trinajstić information content (AvgIpc) is 3.15. The van der Waals surface area contributed by atoms with Crippen LogP contribution in [0.4, 0.5) is 0 Å². The molecular formula is C15H25N7O2. The van der Waals surface area contributed by atoms with Gasteiger partial charge in [0.05, 0.1) is 18.8 Å². The third-order valence-corrected chi connectivity index (χ3v) is 3.80. The molecule has 0 bridgehead atoms. The number of tetrazole rings is 1. The minimum atomic E-state index is -0.182. The molecule has 1 amide bonds. The fourth-order valence-corrected chi connectivity index (χ4v) is 1.93. The summed E-state index contributed by atoms with van der Waals surface area (Å²) in [5.41, 5.74) is 0.874.